The third-order valence-corrected chi connectivity index (χ3v) is 13.2. The number of Topliss-reactive ketones (excluding diaryl/α,β-unsaturated/α-hetero) is 2. The van der Waals surface area contributed by atoms with Gasteiger partial charge < -0.3 is 15.3 Å². The molecule has 0 aromatic carbocycles. The van der Waals surface area contributed by atoms with Crippen molar-refractivity contribution in [2.75, 3.05) is 0 Å². The van der Waals surface area contributed by atoms with Crippen LogP contribution >= 0.6 is 0 Å². The molecule has 3 atom stereocenters. The van der Waals surface area contributed by atoms with E-state index in [0.29, 0.717) is 19.3 Å². The van der Waals surface area contributed by atoms with E-state index in [2.05, 4.69) is 69.4 Å². The summed E-state index contributed by atoms with van der Waals surface area (Å²) >= 11 is 0. The van der Waals surface area contributed by atoms with Gasteiger partial charge in [-0.15, -0.1) is 0 Å². The number of hydrogen-bond donors (Lipinski definition) is 3. The Morgan fingerprint density at radius 1 is 0.359 bits per heavy atom. The third-order valence-electron chi connectivity index (χ3n) is 13.2. The quantitative estimate of drug-likeness (QED) is 0.0418. The molecule has 0 rings (SSSR count). The Hall–Kier alpha value is -1.82. The summed E-state index contributed by atoms with van der Waals surface area (Å²) in [5.74, 6) is -1.12. The van der Waals surface area contributed by atoms with Gasteiger partial charge in [0.25, 0.3) is 0 Å². The molecule has 0 saturated carbocycles. The lowest BCUT2D eigenvalue weighted by atomic mass is 9.79. The Kier molecular flexibility index (Phi) is 47.7. The molecule has 0 fully saturated rings. The summed E-state index contributed by atoms with van der Waals surface area (Å²) in [4.78, 5) is 26.9. The van der Waals surface area contributed by atoms with Gasteiger partial charge in [0.1, 0.15) is 0 Å². The first-order chi connectivity index (χ1) is 31.4. The minimum Gasteiger partial charge on any atom is -0.390 e. The van der Waals surface area contributed by atoms with Crippen molar-refractivity contribution in [3.63, 3.8) is 0 Å². The number of aliphatic hydroxyl groups excluding tert-OH is 2. The molecule has 0 radical (unpaired) electrons. The van der Waals surface area contributed by atoms with E-state index in [0.717, 1.165) is 89.9 Å². The second-order valence-electron chi connectivity index (χ2n) is 19.4. The standard InChI is InChI=1S/C59H108O5/c1-4-7-10-13-16-19-22-25-28-30-32-34-37-40-43-46-49-52-55(60)58(63)59(64,56(61)53-50-47-44-41-38-35-31-27-24-21-18-15-12-9-6-3)57(62)54-51-48-45-42-39-36-33-29-26-23-20-17-14-11-8-5-2/h10,13,21-22,24-25,35,38,57-58,62-64H,4-9,11-12,14-20,23,26-34,36-37,39-54H2,1-3H3/b13-10+,24-21+,25-22+,38-35+. The first-order valence-corrected chi connectivity index (χ1v) is 28.1. The minimum atomic E-state index is -2.45. The third kappa shape index (κ3) is 38.3. The lowest BCUT2D eigenvalue weighted by Gasteiger charge is -2.35. The molecule has 0 aromatic rings. The van der Waals surface area contributed by atoms with Gasteiger partial charge in [-0.3, -0.25) is 9.59 Å². The van der Waals surface area contributed by atoms with Crippen LogP contribution in [0.3, 0.4) is 0 Å². The van der Waals surface area contributed by atoms with E-state index in [1.54, 1.807) is 0 Å². The number of allylic oxidation sites excluding steroid dienone is 8. The molecule has 0 spiro atoms. The van der Waals surface area contributed by atoms with E-state index in [1.807, 2.05) is 0 Å². The summed E-state index contributed by atoms with van der Waals surface area (Å²) in [5.41, 5.74) is -2.45. The number of ketones is 2. The Morgan fingerprint density at radius 3 is 1.06 bits per heavy atom. The average Bonchev–Trinajstić information content (AvgIpc) is 3.30. The molecule has 5 heteroatoms. The van der Waals surface area contributed by atoms with Gasteiger partial charge in [-0.2, -0.15) is 0 Å². The van der Waals surface area contributed by atoms with Gasteiger partial charge in [-0.05, 0) is 89.9 Å². The molecule has 0 aliphatic carbocycles. The first kappa shape index (κ1) is 62.2. The van der Waals surface area contributed by atoms with E-state index in [-0.39, 0.29) is 19.3 Å². The van der Waals surface area contributed by atoms with Crippen molar-refractivity contribution in [3.8, 4) is 0 Å². The second kappa shape index (κ2) is 49.1. The fraction of sp³-hybridized carbons (Fsp3) is 0.831. The summed E-state index contributed by atoms with van der Waals surface area (Å²) in [6.45, 7) is 6.72. The van der Waals surface area contributed by atoms with E-state index in [4.69, 9.17) is 0 Å². The molecular weight excluding hydrogens is 789 g/mol. The monoisotopic (exact) mass is 897 g/mol. The molecule has 0 amide bonds. The number of rotatable bonds is 51. The van der Waals surface area contributed by atoms with Crippen LogP contribution in [0.1, 0.15) is 297 Å². The van der Waals surface area contributed by atoms with Crippen molar-refractivity contribution in [2.24, 2.45) is 0 Å². The molecule has 64 heavy (non-hydrogen) atoms. The molecule has 0 heterocycles. The highest BCUT2D eigenvalue weighted by atomic mass is 16.4. The second-order valence-corrected chi connectivity index (χ2v) is 19.4. The highest BCUT2D eigenvalue weighted by molar-refractivity contribution is 5.96. The number of carbonyl (C=O) groups is 2. The van der Waals surface area contributed by atoms with E-state index < -0.39 is 29.4 Å². The SMILES string of the molecule is CCC/C=C/CC/C=C/CCCCCCCCCCC(=O)C(O)C(O)(C(=O)CCCCC/C=C/CC/C=C/CCCCCC)C(O)CCCCCCCCCCCCCCCCCC. The van der Waals surface area contributed by atoms with Crippen LogP contribution in [0.2, 0.25) is 0 Å². The number of aliphatic hydroxyl groups is 3. The van der Waals surface area contributed by atoms with Crippen LogP contribution in [0.5, 0.6) is 0 Å². The lowest BCUT2D eigenvalue weighted by Crippen LogP contribution is -2.60. The van der Waals surface area contributed by atoms with Gasteiger partial charge in [0.05, 0.1) is 6.10 Å². The Morgan fingerprint density at radius 2 is 0.656 bits per heavy atom. The summed E-state index contributed by atoms with van der Waals surface area (Å²) in [6.07, 6.45) is 61.3. The van der Waals surface area contributed by atoms with Crippen molar-refractivity contribution in [3.05, 3.63) is 48.6 Å². The van der Waals surface area contributed by atoms with Crippen LogP contribution in [0.4, 0.5) is 0 Å². The van der Waals surface area contributed by atoms with Crippen LogP contribution in [-0.4, -0.2) is 44.7 Å². The smallest absolute Gasteiger partial charge is 0.181 e. The summed E-state index contributed by atoms with van der Waals surface area (Å²) < 4.78 is 0. The predicted octanol–water partition coefficient (Wildman–Crippen LogP) is 17.6. The lowest BCUT2D eigenvalue weighted by molar-refractivity contribution is -0.179. The zero-order chi connectivity index (χ0) is 46.9. The first-order valence-electron chi connectivity index (χ1n) is 28.1. The molecule has 3 unspecified atom stereocenters. The van der Waals surface area contributed by atoms with Crippen LogP contribution in [-0.2, 0) is 9.59 Å². The number of carbonyl (C=O) groups excluding carboxylic acids is 2. The van der Waals surface area contributed by atoms with Crippen LogP contribution < -0.4 is 0 Å². The maximum atomic E-state index is 13.6. The fourth-order valence-electron chi connectivity index (χ4n) is 8.74. The number of unbranched alkanes of at least 4 members (excludes halogenated alkanes) is 33. The van der Waals surface area contributed by atoms with Gasteiger partial charge in [-0.25, -0.2) is 0 Å². The van der Waals surface area contributed by atoms with E-state index in [1.165, 1.54) is 148 Å². The highest BCUT2D eigenvalue weighted by Gasteiger charge is 2.50. The maximum absolute atomic E-state index is 13.6. The van der Waals surface area contributed by atoms with Gasteiger partial charge in [0.2, 0.25) is 0 Å². The highest BCUT2D eigenvalue weighted by Crippen LogP contribution is 2.27. The van der Waals surface area contributed by atoms with Crippen molar-refractivity contribution in [2.45, 2.75) is 315 Å². The Bertz CT molecular complexity index is 1120. The largest absolute Gasteiger partial charge is 0.390 e. The zero-order valence-corrected chi connectivity index (χ0v) is 42.8. The topological polar surface area (TPSA) is 94.8 Å². The van der Waals surface area contributed by atoms with Crippen LogP contribution in [0.15, 0.2) is 48.6 Å². The molecule has 3 N–H and O–H groups in total. The van der Waals surface area contributed by atoms with Crippen molar-refractivity contribution < 1.29 is 24.9 Å². The summed E-state index contributed by atoms with van der Waals surface area (Å²) in [5, 5.41) is 34.4. The van der Waals surface area contributed by atoms with Crippen LogP contribution in [0.25, 0.3) is 0 Å². The van der Waals surface area contributed by atoms with Gasteiger partial charge >= 0.3 is 0 Å². The molecule has 374 valence electrons. The molecule has 0 aliphatic heterocycles. The molecule has 0 aliphatic rings. The predicted molar refractivity (Wildman–Crippen MR) is 279 cm³/mol. The zero-order valence-electron chi connectivity index (χ0n) is 42.8. The van der Waals surface area contributed by atoms with Crippen LogP contribution in [0, 0.1) is 0 Å². The molecule has 0 aromatic heterocycles. The Balaban J connectivity index is 4.68. The minimum absolute atomic E-state index is 0.0522. The average molecular weight is 898 g/mol. The van der Waals surface area contributed by atoms with Crippen molar-refractivity contribution >= 4 is 11.6 Å². The van der Waals surface area contributed by atoms with Gasteiger partial charge in [0, 0.05) is 12.8 Å². The van der Waals surface area contributed by atoms with Gasteiger partial charge in [-0.1, -0.05) is 243 Å². The summed E-state index contributed by atoms with van der Waals surface area (Å²) in [6, 6.07) is 0. The van der Waals surface area contributed by atoms with Gasteiger partial charge in [0.15, 0.2) is 23.3 Å². The van der Waals surface area contributed by atoms with Crippen molar-refractivity contribution in [1.82, 2.24) is 0 Å². The molecular formula is C59H108O5. The normalized spacial score (nSPS) is 14.2. The number of hydrogen-bond acceptors (Lipinski definition) is 5. The van der Waals surface area contributed by atoms with E-state index in [9.17, 15) is 24.9 Å². The fourth-order valence-corrected chi connectivity index (χ4v) is 8.74. The Labute approximate surface area is 398 Å². The van der Waals surface area contributed by atoms with E-state index >= 15 is 0 Å². The molecule has 5 nitrogen and oxygen atoms in total. The maximum Gasteiger partial charge on any atom is 0.181 e. The molecule has 0 bridgehead atoms. The van der Waals surface area contributed by atoms with Crippen molar-refractivity contribution in [1.29, 1.82) is 0 Å². The molecule has 0 saturated heterocycles. The summed E-state index contributed by atoms with van der Waals surface area (Å²) in [7, 11) is 0.